The Labute approximate surface area is 118 Å². The number of hydrogen-bond acceptors (Lipinski definition) is 2. The molecule has 0 radical (unpaired) electrons. The molecule has 100 valence electrons. The molecule has 0 N–H and O–H groups in total. The Morgan fingerprint density at radius 3 is 1.53 bits per heavy atom. The maximum Gasteiger partial charge on any atom is 0.125 e. The van der Waals surface area contributed by atoms with Gasteiger partial charge in [-0.3, -0.25) is 0 Å². The highest BCUT2D eigenvalue weighted by molar-refractivity contribution is 7.28. The lowest BCUT2D eigenvalue weighted by atomic mass is 10.0. The summed E-state index contributed by atoms with van der Waals surface area (Å²) in [6, 6.07) is 12.5. The number of rotatable bonds is 4. The van der Waals surface area contributed by atoms with Gasteiger partial charge in [-0.25, -0.2) is 0 Å². The molecule has 0 fully saturated rings. The van der Waals surface area contributed by atoms with Crippen molar-refractivity contribution < 1.29 is 9.47 Å². The molecular weight excluding hydrogens is 274 g/mol. The van der Waals surface area contributed by atoms with Crippen molar-refractivity contribution in [2.24, 2.45) is 0 Å². The monoisotopic (exact) mass is 292 g/mol. The molecule has 0 heterocycles. The van der Waals surface area contributed by atoms with Crippen molar-refractivity contribution in [1.29, 1.82) is 0 Å². The molecule has 4 heteroatoms. The maximum atomic E-state index is 5.26. The van der Waals surface area contributed by atoms with Gasteiger partial charge >= 0.3 is 0 Å². The number of benzene rings is 2. The third-order valence-corrected chi connectivity index (χ3v) is 3.90. The van der Waals surface area contributed by atoms with Crippen molar-refractivity contribution in [3.05, 3.63) is 47.5 Å². The molecule has 0 spiro atoms. The molecule has 2 aromatic carbocycles. The Morgan fingerprint density at radius 1 is 0.789 bits per heavy atom. The molecule has 2 aromatic rings. The predicted octanol–water partition coefficient (Wildman–Crippen LogP) is 2.30. The highest BCUT2D eigenvalue weighted by Gasteiger charge is 2.04. The average Bonchev–Trinajstić information content (AvgIpc) is 2.39. The van der Waals surface area contributed by atoms with E-state index < -0.39 is 0 Å². The Balaban J connectivity index is 2.21. The largest absolute Gasteiger partial charge is 0.496 e. The normalized spacial score (nSPS) is 10.3. The lowest BCUT2D eigenvalue weighted by Crippen LogP contribution is -2.03. The van der Waals surface area contributed by atoms with Crippen LogP contribution in [0.2, 0.25) is 0 Å². The van der Waals surface area contributed by atoms with Crippen molar-refractivity contribution in [2.75, 3.05) is 14.2 Å². The van der Waals surface area contributed by atoms with Gasteiger partial charge in [-0.1, -0.05) is 12.1 Å². The first-order valence-corrected chi connectivity index (χ1v) is 7.14. The van der Waals surface area contributed by atoms with Crippen molar-refractivity contribution in [3.8, 4) is 11.5 Å². The fourth-order valence-corrected chi connectivity index (χ4v) is 2.88. The van der Waals surface area contributed by atoms with Crippen molar-refractivity contribution in [3.63, 3.8) is 0 Å². The van der Waals surface area contributed by atoms with Crippen molar-refractivity contribution in [2.45, 2.75) is 6.42 Å². The molecule has 0 aromatic heterocycles. The summed E-state index contributed by atoms with van der Waals surface area (Å²) in [6.07, 6.45) is 0.900. The molecular formula is C15H18O2P2. The van der Waals surface area contributed by atoms with Crippen LogP contribution in [-0.2, 0) is 6.42 Å². The van der Waals surface area contributed by atoms with E-state index in [-0.39, 0.29) is 0 Å². The van der Waals surface area contributed by atoms with Gasteiger partial charge in [0.2, 0.25) is 0 Å². The van der Waals surface area contributed by atoms with Gasteiger partial charge in [0.05, 0.1) is 14.2 Å². The highest BCUT2D eigenvalue weighted by atomic mass is 31.0. The minimum absolute atomic E-state index is 0.898. The highest BCUT2D eigenvalue weighted by Crippen LogP contribution is 2.18. The van der Waals surface area contributed by atoms with Gasteiger partial charge in [0.15, 0.2) is 0 Å². The Kier molecular flexibility index (Phi) is 4.80. The van der Waals surface area contributed by atoms with E-state index in [1.54, 1.807) is 14.2 Å². The smallest absolute Gasteiger partial charge is 0.125 e. The van der Waals surface area contributed by atoms with Gasteiger partial charge in [0.25, 0.3) is 0 Å². The zero-order chi connectivity index (χ0) is 13.8. The first kappa shape index (κ1) is 14.3. The van der Waals surface area contributed by atoms with Crippen LogP contribution in [0, 0.1) is 0 Å². The number of hydrogen-bond donors (Lipinski definition) is 0. The fourth-order valence-electron chi connectivity index (χ4n) is 2.02. The molecule has 0 aliphatic rings. The molecule has 0 saturated carbocycles. The predicted molar refractivity (Wildman–Crippen MR) is 87.5 cm³/mol. The minimum Gasteiger partial charge on any atom is -0.496 e. The molecule has 0 aliphatic heterocycles. The van der Waals surface area contributed by atoms with Gasteiger partial charge in [-0.2, -0.15) is 0 Å². The molecule has 2 atom stereocenters. The van der Waals surface area contributed by atoms with Crippen LogP contribution in [0.1, 0.15) is 11.1 Å². The maximum absolute atomic E-state index is 5.26. The average molecular weight is 292 g/mol. The number of ether oxygens (including phenoxy) is 2. The van der Waals surface area contributed by atoms with E-state index in [9.17, 15) is 0 Å². The van der Waals surface area contributed by atoms with E-state index in [0.717, 1.165) is 28.5 Å². The third kappa shape index (κ3) is 3.47. The molecule has 2 nitrogen and oxygen atoms in total. The van der Waals surface area contributed by atoms with Crippen LogP contribution in [-0.4, -0.2) is 14.2 Å². The van der Waals surface area contributed by atoms with Crippen molar-refractivity contribution >= 4 is 29.1 Å². The zero-order valence-electron chi connectivity index (χ0n) is 11.1. The Bertz CT molecular complexity index is 531. The second-order valence-electron chi connectivity index (χ2n) is 4.33. The standard InChI is InChI=1S/C15H18O2P2/c1-16-12-5-3-10(8-14(12)18)7-11-4-6-13(17-2)15(19)9-11/h3-6,8-9H,7,18-19H2,1-2H3. The summed E-state index contributed by atoms with van der Waals surface area (Å²) in [5.74, 6) is 1.80. The van der Waals surface area contributed by atoms with Gasteiger partial charge in [-0.05, 0) is 41.8 Å². The lowest BCUT2D eigenvalue weighted by molar-refractivity contribution is 0.418. The molecule has 0 aliphatic carbocycles. The van der Waals surface area contributed by atoms with E-state index in [2.05, 4.69) is 42.7 Å². The minimum atomic E-state index is 0.898. The topological polar surface area (TPSA) is 18.5 Å². The first-order valence-electron chi connectivity index (χ1n) is 5.99. The molecule has 0 amide bonds. The van der Waals surface area contributed by atoms with Crippen LogP contribution >= 0.6 is 18.5 Å². The van der Waals surface area contributed by atoms with Crippen LogP contribution in [0.5, 0.6) is 11.5 Å². The van der Waals surface area contributed by atoms with E-state index in [4.69, 9.17) is 9.47 Å². The Morgan fingerprint density at radius 2 is 1.21 bits per heavy atom. The van der Waals surface area contributed by atoms with Gasteiger partial charge in [0, 0.05) is 10.6 Å². The third-order valence-electron chi connectivity index (χ3n) is 3.00. The van der Waals surface area contributed by atoms with Crippen LogP contribution in [0.4, 0.5) is 0 Å². The number of methoxy groups -OCH3 is 2. The molecule has 0 saturated heterocycles. The van der Waals surface area contributed by atoms with E-state index >= 15 is 0 Å². The lowest BCUT2D eigenvalue weighted by Gasteiger charge is -2.09. The fraction of sp³-hybridized carbons (Fsp3) is 0.200. The summed E-state index contributed by atoms with van der Waals surface area (Å²) in [6.45, 7) is 0. The van der Waals surface area contributed by atoms with Gasteiger partial charge < -0.3 is 9.47 Å². The summed E-state index contributed by atoms with van der Waals surface area (Å²) >= 11 is 0. The molecule has 19 heavy (non-hydrogen) atoms. The van der Waals surface area contributed by atoms with Crippen LogP contribution in [0.25, 0.3) is 0 Å². The van der Waals surface area contributed by atoms with E-state index in [1.165, 1.54) is 11.1 Å². The first-order chi connectivity index (χ1) is 9.13. The summed E-state index contributed by atoms with van der Waals surface area (Å²) in [4.78, 5) is 0. The van der Waals surface area contributed by atoms with E-state index in [0.29, 0.717) is 0 Å². The summed E-state index contributed by atoms with van der Waals surface area (Å²) in [7, 11) is 8.79. The van der Waals surface area contributed by atoms with Gasteiger partial charge in [-0.15, -0.1) is 18.5 Å². The second kappa shape index (κ2) is 6.37. The quantitative estimate of drug-likeness (QED) is 0.805. The zero-order valence-corrected chi connectivity index (χ0v) is 13.5. The van der Waals surface area contributed by atoms with Crippen molar-refractivity contribution in [1.82, 2.24) is 0 Å². The molecule has 2 unspecified atom stereocenters. The SMILES string of the molecule is COc1ccc(Cc2ccc(OC)c(P)c2)cc1P. The molecule has 2 rings (SSSR count). The molecule has 0 bridgehead atoms. The summed E-state index contributed by atoms with van der Waals surface area (Å²) < 4.78 is 10.5. The second-order valence-corrected chi connectivity index (χ2v) is 5.57. The summed E-state index contributed by atoms with van der Waals surface area (Å²) in [5.41, 5.74) is 2.53. The summed E-state index contributed by atoms with van der Waals surface area (Å²) in [5, 5.41) is 2.17. The van der Waals surface area contributed by atoms with Gasteiger partial charge in [0.1, 0.15) is 11.5 Å². The van der Waals surface area contributed by atoms with Crippen LogP contribution < -0.4 is 20.1 Å². The van der Waals surface area contributed by atoms with Crippen LogP contribution in [0.15, 0.2) is 36.4 Å². The van der Waals surface area contributed by atoms with E-state index in [1.807, 2.05) is 12.1 Å². The Hall–Kier alpha value is -1.10. The van der Waals surface area contributed by atoms with Crippen LogP contribution in [0.3, 0.4) is 0 Å².